The van der Waals surface area contributed by atoms with Crippen LogP contribution in [0.15, 0.2) is 4.99 Å². The highest BCUT2D eigenvalue weighted by atomic mass is 14.8. The summed E-state index contributed by atoms with van der Waals surface area (Å²) in [6.07, 6.45) is 9.26. The Kier molecular flexibility index (Phi) is 5.21. The van der Waals surface area contributed by atoms with Gasteiger partial charge in [-0.1, -0.05) is 40.0 Å². The van der Waals surface area contributed by atoms with E-state index < -0.39 is 0 Å². The van der Waals surface area contributed by atoms with E-state index in [0.29, 0.717) is 12.0 Å². The quantitative estimate of drug-likeness (QED) is 0.596. The van der Waals surface area contributed by atoms with E-state index in [0.717, 1.165) is 6.42 Å². The Morgan fingerprint density at radius 2 is 1.86 bits per heavy atom. The van der Waals surface area contributed by atoms with E-state index in [9.17, 15) is 0 Å². The summed E-state index contributed by atoms with van der Waals surface area (Å²) in [5.74, 6) is 0.696. The molecule has 0 aliphatic heterocycles. The van der Waals surface area contributed by atoms with Crippen LogP contribution in [0, 0.1) is 5.92 Å². The fourth-order valence-corrected chi connectivity index (χ4v) is 2.25. The van der Waals surface area contributed by atoms with Crippen molar-refractivity contribution in [3.63, 3.8) is 0 Å². The third kappa shape index (κ3) is 3.43. The first-order valence-electron chi connectivity index (χ1n) is 6.34. The number of nitrogens with zero attached hydrogens (tertiary/aromatic N) is 1. The molecule has 1 heteroatoms. The summed E-state index contributed by atoms with van der Waals surface area (Å²) in [7, 11) is 0. The van der Waals surface area contributed by atoms with Gasteiger partial charge in [0, 0.05) is 11.8 Å². The normalized spacial score (nSPS) is 22.4. The zero-order valence-corrected chi connectivity index (χ0v) is 10.1. The first kappa shape index (κ1) is 11.7. The first-order chi connectivity index (χ1) is 6.77. The second-order valence-electron chi connectivity index (χ2n) is 4.58. The van der Waals surface area contributed by atoms with E-state index in [1.54, 1.807) is 0 Å². The fourth-order valence-electron chi connectivity index (χ4n) is 2.25. The van der Waals surface area contributed by atoms with Crippen molar-refractivity contribution < 1.29 is 0 Å². The van der Waals surface area contributed by atoms with Crippen molar-refractivity contribution in [3.8, 4) is 0 Å². The molecule has 1 aliphatic carbocycles. The molecule has 0 radical (unpaired) electrons. The lowest BCUT2D eigenvalue weighted by Gasteiger charge is -2.21. The van der Waals surface area contributed by atoms with E-state index in [1.807, 2.05) is 0 Å². The van der Waals surface area contributed by atoms with Crippen LogP contribution in [0.3, 0.4) is 0 Å². The van der Waals surface area contributed by atoms with Crippen molar-refractivity contribution >= 4 is 5.71 Å². The van der Waals surface area contributed by atoms with Crippen LogP contribution in [0.2, 0.25) is 0 Å². The van der Waals surface area contributed by atoms with Crippen LogP contribution in [0.5, 0.6) is 0 Å². The minimum atomic E-state index is 0.660. The molecule has 1 atom stereocenters. The largest absolute Gasteiger partial charge is 0.291 e. The molecule has 0 saturated heterocycles. The Hall–Kier alpha value is -0.330. The summed E-state index contributed by atoms with van der Waals surface area (Å²) >= 11 is 0. The van der Waals surface area contributed by atoms with Crippen LogP contribution in [0.4, 0.5) is 0 Å². The third-order valence-corrected chi connectivity index (χ3v) is 3.47. The topological polar surface area (TPSA) is 12.4 Å². The molecule has 1 nitrogen and oxygen atoms in total. The zero-order valence-electron chi connectivity index (χ0n) is 10.1. The van der Waals surface area contributed by atoms with Crippen LogP contribution in [0.1, 0.15) is 65.7 Å². The molecule has 1 aliphatic rings. The molecule has 1 saturated carbocycles. The maximum atomic E-state index is 4.94. The van der Waals surface area contributed by atoms with Crippen LogP contribution in [-0.2, 0) is 0 Å². The number of hydrogen-bond donors (Lipinski definition) is 0. The Balaban J connectivity index is 2.52. The van der Waals surface area contributed by atoms with Crippen LogP contribution in [0.25, 0.3) is 0 Å². The van der Waals surface area contributed by atoms with Gasteiger partial charge in [0.25, 0.3) is 0 Å². The minimum Gasteiger partial charge on any atom is -0.291 e. The first-order valence-corrected chi connectivity index (χ1v) is 6.34. The third-order valence-electron chi connectivity index (χ3n) is 3.47. The van der Waals surface area contributed by atoms with E-state index in [4.69, 9.17) is 4.99 Å². The number of hydrogen-bond acceptors (Lipinski definition) is 1. The van der Waals surface area contributed by atoms with Gasteiger partial charge in [0.05, 0.1) is 0 Å². The molecule has 0 N–H and O–H groups in total. The summed E-state index contributed by atoms with van der Waals surface area (Å²) < 4.78 is 0. The molecule has 0 spiro atoms. The Morgan fingerprint density at radius 3 is 2.36 bits per heavy atom. The second kappa shape index (κ2) is 6.21. The van der Waals surface area contributed by atoms with Gasteiger partial charge in [-0.15, -0.1) is 0 Å². The van der Waals surface area contributed by atoms with Crippen LogP contribution in [-0.4, -0.2) is 11.8 Å². The Morgan fingerprint density at radius 1 is 1.21 bits per heavy atom. The summed E-state index contributed by atoms with van der Waals surface area (Å²) in [4.78, 5) is 4.94. The molecule has 0 bridgehead atoms. The summed E-state index contributed by atoms with van der Waals surface area (Å²) in [6.45, 7) is 6.82. The Labute approximate surface area is 89.0 Å². The highest BCUT2D eigenvalue weighted by Crippen LogP contribution is 2.22. The van der Waals surface area contributed by atoms with Crippen molar-refractivity contribution in [1.82, 2.24) is 0 Å². The molecule has 1 fully saturated rings. The van der Waals surface area contributed by atoms with Gasteiger partial charge in [0.1, 0.15) is 0 Å². The summed E-state index contributed by atoms with van der Waals surface area (Å²) in [5.41, 5.74) is 1.46. The lowest BCUT2D eigenvalue weighted by atomic mass is 9.94. The molecular formula is C13H25N. The minimum absolute atomic E-state index is 0.660. The van der Waals surface area contributed by atoms with Crippen molar-refractivity contribution in [2.24, 2.45) is 10.9 Å². The monoisotopic (exact) mass is 195 g/mol. The van der Waals surface area contributed by atoms with Crippen molar-refractivity contribution in [3.05, 3.63) is 0 Å². The predicted molar refractivity (Wildman–Crippen MR) is 64.1 cm³/mol. The smallest absolute Gasteiger partial charge is 0.0499 e. The molecule has 0 heterocycles. The van der Waals surface area contributed by atoms with Crippen molar-refractivity contribution in [1.29, 1.82) is 0 Å². The van der Waals surface area contributed by atoms with E-state index in [1.165, 1.54) is 44.2 Å². The van der Waals surface area contributed by atoms with Gasteiger partial charge < -0.3 is 0 Å². The SMILES string of the molecule is CCC(=NC1CCCCC1)C(C)CC. The molecule has 1 rings (SSSR count). The van der Waals surface area contributed by atoms with Gasteiger partial charge in [-0.25, -0.2) is 0 Å². The van der Waals surface area contributed by atoms with Gasteiger partial charge in [0.15, 0.2) is 0 Å². The van der Waals surface area contributed by atoms with Gasteiger partial charge in [-0.05, 0) is 31.6 Å². The maximum Gasteiger partial charge on any atom is 0.0499 e. The van der Waals surface area contributed by atoms with Gasteiger partial charge >= 0.3 is 0 Å². The predicted octanol–water partition coefficient (Wildman–Crippen LogP) is 4.22. The van der Waals surface area contributed by atoms with Crippen LogP contribution < -0.4 is 0 Å². The molecule has 82 valence electrons. The van der Waals surface area contributed by atoms with E-state index >= 15 is 0 Å². The van der Waals surface area contributed by atoms with Crippen LogP contribution >= 0.6 is 0 Å². The van der Waals surface area contributed by atoms with Gasteiger partial charge in [-0.2, -0.15) is 0 Å². The van der Waals surface area contributed by atoms with Gasteiger partial charge in [0.2, 0.25) is 0 Å². The van der Waals surface area contributed by atoms with Gasteiger partial charge in [-0.3, -0.25) is 4.99 Å². The molecule has 14 heavy (non-hydrogen) atoms. The number of rotatable bonds is 4. The molecule has 0 aromatic heterocycles. The average Bonchev–Trinajstić information content (AvgIpc) is 2.26. The highest BCUT2D eigenvalue weighted by Gasteiger charge is 2.14. The highest BCUT2D eigenvalue weighted by molar-refractivity contribution is 5.86. The summed E-state index contributed by atoms with van der Waals surface area (Å²) in [6, 6.07) is 0.660. The molecule has 0 amide bonds. The Bertz CT molecular complexity index is 178. The molecular weight excluding hydrogens is 170 g/mol. The zero-order chi connectivity index (χ0) is 10.4. The van der Waals surface area contributed by atoms with Crippen molar-refractivity contribution in [2.75, 3.05) is 0 Å². The second-order valence-corrected chi connectivity index (χ2v) is 4.58. The number of aliphatic imine (C=N–C) groups is 1. The fraction of sp³-hybridized carbons (Fsp3) is 0.923. The van der Waals surface area contributed by atoms with Crippen molar-refractivity contribution in [2.45, 2.75) is 71.8 Å². The maximum absolute atomic E-state index is 4.94. The van der Waals surface area contributed by atoms with E-state index in [2.05, 4.69) is 20.8 Å². The lowest BCUT2D eigenvalue weighted by Crippen LogP contribution is -2.16. The summed E-state index contributed by atoms with van der Waals surface area (Å²) in [5, 5.41) is 0. The molecule has 0 aromatic rings. The van der Waals surface area contributed by atoms with E-state index in [-0.39, 0.29) is 0 Å². The average molecular weight is 195 g/mol. The lowest BCUT2D eigenvalue weighted by molar-refractivity contribution is 0.440. The molecule has 0 aromatic carbocycles. The standard InChI is InChI=1S/C13H25N/c1-4-11(3)13(5-2)14-12-9-7-6-8-10-12/h11-12H,4-10H2,1-3H3. The molecule has 1 unspecified atom stereocenters.